The van der Waals surface area contributed by atoms with Gasteiger partial charge in [-0.15, -0.1) is 0 Å². The molecule has 120 valence electrons. The van der Waals surface area contributed by atoms with Gasteiger partial charge in [-0.05, 0) is 37.0 Å². The summed E-state index contributed by atoms with van der Waals surface area (Å²) in [4.78, 5) is 24.0. The molecule has 22 heavy (non-hydrogen) atoms. The van der Waals surface area contributed by atoms with E-state index >= 15 is 0 Å². The van der Waals surface area contributed by atoms with Gasteiger partial charge >= 0.3 is 5.97 Å². The quantitative estimate of drug-likeness (QED) is 0.850. The standard InChI is InChI=1S/C16H19F2NO3/c1-22-15(21)16(8-2-3-9-16)19-14(20)7-5-11-4-6-12(17)13(18)10-11/h4,6,10H,2-3,5,7-9H2,1H3,(H,19,20). The summed E-state index contributed by atoms with van der Waals surface area (Å²) >= 11 is 0. The highest BCUT2D eigenvalue weighted by Crippen LogP contribution is 2.31. The van der Waals surface area contributed by atoms with E-state index in [1.54, 1.807) is 0 Å². The Morgan fingerprint density at radius 2 is 1.91 bits per heavy atom. The Hall–Kier alpha value is -1.98. The molecule has 1 aliphatic carbocycles. The zero-order chi connectivity index (χ0) is 16.2. The van der Waals surface area contributed by atoms with Crippen molar-refractivity contribution in [3.63, 3.8) is 0 Å². The summed E-state index contributed by atoms with van der Waals surface area (Å²) in [5.41, 5.74) is -0.396. The van der Waals surface area contributed by atoms with E-state index in [1.807, 2.05) is 0 Å². The first-order chi connectivity index (χ1) is 10.5. The van der Waals surface area contributed by atoms with Gasteiger partial charge in [-0.2, -0.15) is 0 Å². The molecule has 1 amide bonds. The van der Waals surface area contributed by atoms with Crippen molar-refractivity contribution in [3.05, 3.63) is 35.4 Å². The smallest absolute Gasteiger partial charge is 0.331 e. The zero-order valence-corrected chi connectivity index (χ0v) is 12.5. The number of carbonyl (C=O) groups is 2. The lowest BCUT2D eigenvalue weighted by Crippen LogP contribution is -2.53. The maximum atomic E-state index is 13.1. The fourth-order valence-electron chi connectivity index (χ4n) is 2.84. The second kappa shape index (κ2) is 6.85. The molecule has 1 saturated carbocycles. The summed E-state index contributed by atoms with van der Waals surface area (Å²) in [6.45, 7) is 0. The summed E-state index contributed by atoms with van der Waals surface area (Å²) in [7, 11) is 1.30. The Bertz CT molecular complexity index is 569. The largest absolute Gasteiger partial charge is 0.467 e. The van der Waals surface area contributed by atoms with Crippen molar-refractivity contribution < 1.29 is 23.1 Å². The van der Waals surface area contributed by atoms with Crippen molar-refractivity contribution in [3.8, 4) is 0 Å². The van der Waals surface area contributed by atoms with E-state index in [2.05, 4.69) is 5.32 Å². The van der Waals surface area contributed by atoms with Crippen molar-refractivity contribution in [2.45, 2.75) is 44.1 Å². The van der Waals surface area contributed by atoms with Crippen molar-refractivity contribution in [2.75, 3.05) is 7.11 Å². The van der Waals surface area contributed by atoms with Crippen LogP contribution in [0.5, 0.6) is 0 Å². The molecule has 1 fully saturated rings. The van der Waals surface area contributed by atoms with Crippen LogP contribution in [0.4, 0.5) is 8.78 Å². The summed E-state index contributed by atoms with van der Waals surface area (Å²) in [5, 5.41) is 2.76. The van der Waals surface area contributed by atoms with Crippen LogP contribution in [0.15, 0.2) is 18.2 Å². The van der Waals surface area contributed by atoms with Crippen LogP contribution in [-0.2, 0) is 20.7 Å². The second-order valence-electron chi connectivity index (χ2n) is 5.58. The monoisotopic (exact) mass is 311 g/mol. The van der Waals surface area contributed by atoms with Crippen molar-refractivity contribution in [1.29, 1.82) is 0 Å². The highest BCUT2D eigenvalue weighted by molar-refractivity contribution is 5.88. The minimum absolute atomic E-state index is 0.101. The predicted molar refractivity (Wildman–Crippen MR) is 76.0 cm³/mol. The average molecular weight is 311 g/mol. The van der Waals surface area contributed by atoms with Crippen molar-refractivity contribution in [2.24, 2.45) is 0 Å². The molecule has 1 aromatic rings. The Kier molecular flexibility index (Phi) is 5.11. The van der Waals surface area contributed by atoms with Gasteiger partial charge in [0.25, 0.3) is 0 Å². The Morgan fingerprint density at radius 1 is 1.23 bits per heavy atom. The molecule has 1 aliphatic rings. The number of amides is 1. The topological polar surface area (TPSA) is 55.4 Å². The molecule has 0 aliphatic heterocycles. The number of esters is 1. The van der Waals surface area contributed by atoms with Gasteiger partial charge in [-0.25, -0.2) is 13.6 Å². The third-order valence-corrected chi connectivity index (χ3v) is 4.04. The van der Waals surface area contributed by atoms with Crippen LogP contribution in [-0.4, -0.2) is 24.5 Å². The maximum Gasteiger partial charge on any atom is 0.331 e. The number of ether oxygens (including phenoxy) is 1. The van der Waals surface area contributed by atoms with Crippen molar-refractivity contribution in [1.82, 2.24) is 5.32 Å². The van der Waals surface area contributed by atoms with E-state index in [0.29, 0.717) is 18.4 Å². The van der Waals surface area contributed by atoms with E-state index in [0.717, 1.165) is 25.0 Å². The summed E-state index contributed by atoms with van der Waals surface area (Å²) < 4.78 is 30.7. The molecule has 0 atom stereocenters. The van der Waals surface area contributed by atoms with Gasteiger partial charge in [0.2, 0.25) is 5.91 Å². The minimum atomic E-state index is -0.931. The summed E-state index contributed by atoms with van der Waals surface area (Å²) in [6.07, 6.45) is 3.23. The van der Waals surface area contributed by atoms with Gasteiger partial charge in [-0.3, -0.25) is 4.79 Å². The average Bonchev–Trinajstić information content (AvgIpc) is 2.97. The first kappa shape index (κ1) is 16.4. The highest BCUT2D eigenvalue weighted by Gasteiger charge is 2.43. The Labute approximate surface area is 127 Å². The zero-order valence-electron chi connectivity index (χ0n) is 12.5. The molecule has 0 spiro atoms. The van der Waals surface area contributed by atoms with Gasteiger partial charge in [0.1, 0.15) is 5.54 Å². The molecule has 1 N–H and O–H groups in total. The lowest BCUT2D eigenvalue weighted by atomic mass is 9.97. The Morgan fingerprint density at radius 3 is 2.50 bits per heavy atom. The molecule has 1 aromatic carbocycles. The molecule has 2 rings (SSSR count). The molecular weight excluding hydrogens is 292 g/mol. The predicted octanol–water partition coefficient (Wildman–Crippen LogP) is 2.50. The fourth-order valence-corrected chi connectivity index (χ4v) is 2.84. The normalized spacial score (nSPS) is 16.3. The van der Waals surface area contributed by atoms with Gasteiger partial charge in [0, 0.05) is 6.42 Å². The number of nitrogens with one attached hydrogen (secondary N) is 1. The van der Waals surface area contributed by atoms with Crippen LogP contribution in [0.25, 0.3) is 0 Å². The number of hydrogen-bond donors (Lipinski definition) is 1. The lowest BCUT2D eigenvalue weighted by molar-refractivity contribution is -0.150. The van der Waals surface area contributed by atoms with E-state index < -0.39 is 23.1 Å². The van der Waals surface area contributed by atoms with E-state index in [1.165, 1.54) is 13.2 Å². The van der Waals surface area contributed by atoms with Gasteiger partial charge in [0.15, 0.2) is 11.6 Å². The number of halogens is 2. The summed E-state index contributed by atoms with van der Waals surface area (Å²) in [5.74, 6) is -2.56. The van der Waals surface area contributed by atoms with Crippen LogP contribution in [0.2, 0.25) is 0 Å². The van der Waals surface area contributed by atoms with Crippen molar-refractivity contribution >= 4 is 11.9 Å². The third-order valence-electron chi connectivity index (χ3n) is 4.04. The van der Waals surface area contributed by atoms with Gasteiger partial charge in [-0.1, -0.05) is 18.9 Å². The van der Waals surface area contributed by atoms with E-state index in [-0.39, 0.29) is 18.7 Å². The maximum absolute atomic E-state index is 13.1. The molecule has 0 bridgehead atoms. The van der Waals surface area contributed by atoms with Gasteiger partial charge < -0.3 is 10.1 Å². The molecule has 0 saturated heterocycles. The summed E-state index contributed by atoms with van der Waals surface area (Å²) in [6, 6.07) is 3.56. The van der Waals surface area contributed by atoms with Crippen LogP contribution < -0.4 is 5.32 Å². The molecule has 0 radical (unpaired) electrons. The van der Waals surface area contributed by atoms with E-state index in [4.69, 9.17) is 4.74 Å². The highest BCUT2D eigenvalue weighted by atomic mass is 19.2. The number of hydrogen-bond acceptors (Lipinski definition) is 3. The molecule has 6 heteroatoms. The molecule has 4 nitrogen and oxygen atoms in total. The first-order valence-corrected chi connectivity index (χ1v) is 7.30. The second-order valence-corrected chi connectivity index (χ2v) is 5.58. The molecule has 0 heterocycles. The first-order valence-electron chi connectivity index (χ1n) is 7.30. The fraction of sp³-hybridized carbons (Fsp3) is 0.500. The number of rotatable bonds is 5. The number of aryl methyl sites for hydroxylation is 1. The van der Waals surface area contributed by atoms with Crippen LogP contribution >= 0.6 is 0 Å². The third kappa shape index (κ3) is 3.61. The van der Waals surface area contributed by atoms with Crippen LogP contribution in [0, 0.1) is 11.6 Å². The van der Waals surface area contributed by atoms with E-state index in [9.17, 15) is 18.4 Å². The lowest BCUT2D eigenvalue weighted by Gasteiger charge is -2.27. The number of methoxy groups -OCH3 is 1. The minimum Gasteiger partial charge on any atom is -0.467 e. The Balaban J connectivity index is 1.94. The number of carbonyl (C=O) groups excluding carboxylic acids is 2. The van der Waals surface area contributed by atoms with Crippen LogP contribution in [0.3, 0.4) is 0 Å². The SMILES string of the molecule is COC(=O)C1(NC(=O)CCc2ccc(F)c(F)c2)CCCC1. The molecule has 0 unspecified atom stereocenters. The van der Waals surface area contributed by atoms with Gasteiger partial charge in [0.05, 0.1) is 7.11 Å². The molecular formula is C16H19F2NO3. The molecule has 0 aromatic heterocycles. The van der Waals surface area contributed by atoms with Crippen LogP contribution in [0.1, 0.15) is 37.7 Å². The number of benzene rings is 1.